The third kappa shape index (κ3) is 3.19. The molecule has 3 rings (SSSR count). The number of nitrogens with one attached hydrogen (secondary N) is 3. The first-order valence-electron chi connectivity index (χ1n) is 7.37. The first kappa shape index (κ1) is 15.5. The fraction of sp³-hybridized carbons (Fsp3) is 0.118. The second-order valence-electron chi connectivity index (χ2n) is 5.09. The molecular formula is C17H15N3O4. The van der Waals surface area contributed by atoms with Gasteiger partial charge in [-0.1, -0.05) is 0 Å². The quantitative estimate of drug-likeness (QED) is 0.640. The van der Waals surface area contributed by atoms with E-state index in [1.165, 1.54) is 0 Å². The number of benzene rings is 2. The topological polar surface area (TPSA) is 104 Å². The van der Waals surface area contributed by atoms with Gasteiger partial charge in [0.1, 0.15) is 0 Å². The van der Waals surface area contributed by atoms with Crippen molar-refractivity contribution in [3.05, 3.63) is 64.1 Å². The molecule has 0 unspecified atom stereocenters. The molecule has 0 spiro atoms. The zero-order valence-electron chi connectivity index (χ0n) is 12.9. The summed E-state index contributed by atoms with van der Waals surface area (Å²) in [5, 5.41) is 2.73. The van der Waals surface area contributed by atoms with Gasteiger partial charge < -0.3 is 20.0 Å². The number of amides is 1. The Morgan fingerprint density at radius 1 is 1.00 bits per heavy atom. The number of aromatic nitrogens is 2. The van der Waals surface area contributed by atoms with Crippen LogP contribution in [0.25, 0.3) is 11.0 Å². The summed E-state index contributed by atoms with van der Waals surface area (Å²) in [5.41, 5.74) is 2.25. The first-order valence-corrected chi connectivity index (χ1v) is 7.37. The number of hydrogen-bond donors (Lipinski definition) is 3. The molecule has 1 amide bonds. The molecule has 0 radical (unpaired) electrons. The molecule has 0 aliphatic carbocycles. The van der Waals surface area contributed by atoms with Crippen molar-refractivity contribution in [3.63, 3.8) is 0 Å². The Hall–Kier alpha value is -3.35. The lowest BCUT2D eigenvalue weighted by molar-refractivity contribution is 0.0526. The Kier molecular flexibility index (Phi) is 4.15. The normalized spacial score (nSPS) is 10.5. The van der Waals surface area contributed by atoms with Gasteiger partial charge in [0.2, 0.25) is 0 Å². The maximum absolute atomic E-state index is 12.3. The summed E-state index contributed by atoms with van der Waals surface area (Å²) in [7, 11) is 0. The van der Waals surface area contributed by atoms with Gasteiger partial charge in [-0.2, -0.15) is 0 Å². The molecule has 1 aromatic heterocycles. The molecular weight excluding hydrogens is 310 g/mol. The van der Waals surface area contributed by atoms with Gasteiger partial charge in [-0.15, -0.1) is 0 Å². The Labute approximate surface area is 136 Å². The molecule has 122 valence electrons. The Morgan fingerprint density at radius 3 is 2.38 bits per heavy atom. The summed E-state index contributed by atoms with van der Waals surface area (Å²) >= 11 is 0. The second-order valence-corrected chi connectivity index (χ2v) is 5.09. The van der Waals surface area contributed by atoms with Crippen LogP contribution in [0.4, 0.5) is 5.69 Å². The van der Waals surface area contributed by atoms with Gasteiger partial charge in [-0.25, -0.2) is 9.59 Å². The Morgan fingerprint density at radius 2 is 1.67 bits per heavy atom. The average molecular weight is 325 g/mol. The highest BCUT2D eigenvalue weighted by atomic mass is 16.5. The number of fused-ring (bicyclic) bond motifs is 1. The van der Waals surface area contributed by atoms with Crippen LogP contribution in [0.5, 0.6) is 0 Å². The molecule has 24 heavy (non-hydrogen) atoms. The van der Waals surface area contributed by atoms with Crippen LogP contribution in [0.15, 0.2) is 47.3 Å². The van der Waals surface area contributed by atoms with Crippen LogP contribution in [0.3, 0.4) is 0 Å². The number of hydrogen-bond acceptors (Lipinski definition) is 4. The second kappa shape index (κ2) is 6.41. The van der Waals surface area contributed by atoms with Crippen LogP contribution < -0.4 is 11.0 Å². The third-order valence-electron chi connectivity index (χ3n) is 3.43. The van der Waals surface area contributed by atoms with E-state index >= 15 is 0 Å². The predicted molar refractivity (Wildman–Crippen MR) is 89.3 cm³/mol. The van der Waals surface area contributed by atoms with E-state index in [1.807, 2.05) is 0 Å². The molecule has 2 aromatic carbocycles. The molecule has 1 heterocycles. The number of imidazole rings is 1. The molecule has 0 aliphatic rings. The highest BCUT2D eigenvalue weighted by Gasteiger charge is 2.10. The molecule has 3 aromatic rings. The molecule has 0 aliphatic heterocycles. The molecule has 0 atom stereocenters. The van der Waals surface area contributed by atoms with Crippen LogP contribution in [0.1, 0.15) is 27.6 Å². The standard InChI is InChI=1S/C17H15N3O4/c1-2-24-16(22)10-3-6-12(7-4-10)18-15(21)11-5-8-13-14(9-11)20-17(23)19-13/h3-9H,2H2,1H3,(H,18,21)(H2,19,20,23). The van der Waals surface area contributed by atoms with E-state index in [1.54, 1.807) is 49.4 Å². The maximum Gasteiger partial charge on any atom is 0.338 e. The van der Waals surface area contributed by atoms with E-state index in [2.05, 4.69) is 15.3 Å². The molecule has 3 N–H and O–H groups in total. The summed E-state index contributed by atoms with van der Waals surface area (Å²) in [6.45, 7) is 2.04. The van der Waals surface area contributed by atoms with Crippen molar-refractivity contribution in [1.82, 2.24) is 9.97 Å². The monoisotopic (exact) mass is 325 g/mol. The summed E-state index contributed by atoms with van der Waals surface area (Å²) in [6.07, 6.45) is 0. The third-order valence-corrected chi connectivity index (χ3v) is 3.43. The van der Waals surface area contributed by atoms with E-state index < -0.39 is 5.97 Å². The van der Waals surface area contributed by atoms with Crippen molar-refractivity contribution < 1.29 is 14.3 Å². The molecule has 0 fully saturated rings. The van der Waals surface area contributed by atoms with E-state index in [0.717, 1.165) is 0 Å². The van der Waals surface area contributed by atoms with Crippen LogP contribution in [-0.2, 0) is 4.74 Å². The number of ether oxygens (including phenoxy) is 1. The number of carbonyl (C=O) groups is 2. The SMILES string of the molecule is CCOC(=O)c1ccc(NC(=O)c2ccc3[nH]c(=O)[nH]c3c2)cc1. The van der Waals surface area contributed by atoms with Gasteiger partial charge in [0.05, 0.1) is 23.2 Å². The smallest absolute Gasteiger partial charge is 0.338 e. The van der Waals surface area contributed by atoms with Crippen molar-refractivity contribution in [3.8, 4) is 0 Å². The van der Waals surface area contributed by atoms with Gasteiger partial charge >= 0.3 is 11.7 Å². The van der Waals surface area contributed by atoms with Crippen LogP contribution >= 0.6 is 0 Å². The summed E-state index contributed by atoms with van der Waals surface area (Å²) < 4.78 is 4.90. The molecule has 7 nitrogen and oxygen atoms in total. The van der Waals surface area contributed by atoms with Gasteiger partial charge in [-0.3, -0.25) is 4.79 Å². The summed E-state index contributed by atoms with van der Waals surface area (Å²) in [5.74, 6) is -0.722. The lowest BCUT2D eigenvalue weighted by atomic mass is 10.1. The van der Waals surface area contributed by atoms with E-state index in [0.29, 0.717) is 34.5 Å². The van der Waals surface area contributed by atoms with E-state index in [9.17, 15) is 14.4 Å². The molecule has 0 saturated heterocycles. The molecule has 0 saturated carbocycles. The van der Waals surface area contributed by atoms with Crippen LogP contribution in [-0.4, -0.2) is 28.5 Å². The maximum atomic E-state index is 12.3. The average Bonchev–Trinajstić information content (AvgIpc) is 2.94. The lowest BCUT2D eigenvalue weighted by Gasteiger charge is -2.07. The van der Waals surface area contributed by atoms with Gasteiger partial charge in [0.15, 0.2) is 0 Å². The lowest BCUT2D eigenvalue weighted by Crippen LogP contribution is -2.12. The van der Waals surface area contributed by atoms with Crippen LogP contribution in [0, 0.1) is 0 Å². The molecule has 0 bridgehead atoms. The zero-order valence-corrected chi connectivity index (χ0v) is 12.9. The minimum Gasteiger partial charge on any atom is -0.462 e. The predicted octanol–water partition coefficient (Wildman–Crippen LogP) is 2.29. The molecule has 7 heteroatoms. The number of H-pyrrole nitrogens is 2. The van der Waals surface area contributed by atoms with Crippen molar-refractivity contribution in [2.75, 3.05) is 11.9 Å². The largest absolute Gasteiger partial charge is 0.462 e. The minimum absolute atomic E-state index is 0.307. The number of rotatable bonds is 4. The van der Waals surface area contributed by atoms with Gasteiger partial charge in [0.25, 0.3) is 5.91 Å². The van der Waals surface area contributed by atoms with Gasteiger partial charge in [-0.05, 0) is 49.4 Å². The fourth-order valence-electron chi connectivity index (χ4n) is 2.28. The zero-order chi connectivity index (χ0) is 17.1. The van der Waals surface area contributed by atoms with Gasteiger partial charge in [0, 0.05) is 11.3 Å². The summed E-state index contributed by atoms with van der Waals surface area (Å²) in [6, 6.07) is 11.3. The van der Waals surface area contributed by atoms with Crippen molar-refractivity contribution in [2.24, 2.45) is 0 Å². The Balaban J connectivity index is 1.75. The number of esters is 1. The Bertz CT molecular complexity index is 954. The fourth-order valence-corrected chi connectivity index (χ4v) is 2.28. The highest BCUT2D eigenvalue weighted by Crippen LogP contribution is 2.14. The number of aromatic amines is 2. The summed E-state index contributed by atoms with van der Waals surface area (Å²) in [4.78, 5) is 40.3. The highest BCUT2D eigenvalue weighted by molar-refractivity contribution is 6.06. The van der Waals surface area contributed by atoms with Crippen LogP contribution in [0.2, 0.25) is 0 Å². The van der Waals surface area contributed by atoms with Crippen molar-refractivity contribution in [2.45, 2.75) is 6.92 Å². The minimum atomic E-state index is -0.405. The van der Waals surface area contributed by atoms with Crippen molar-refractivity contribution >= 4 is 28.6 Å². The van der Waals surface area contributed by atoms with E-state index in [4.69, 9.17) is 4.74 Å². The first-order chi connectivity index (χ1) is 11.6. The number of carbonyl (C=O) groups excluding carboxylic acids is 2. The number of anilines is 1. The van der Waals surface area contributed by atoms with Crippen molar-refractivity contribution in [1.29, 1.82) is 0 Å². The van der Waals surface area contributed by atoms with E-state index in [-0.39, 0.29) is 11.6 Å².